The van der Waals surface area contributed by atoms with Crippen LogP contribution in [0.15, 0.2) is 13.4 Å². The zero-order valence-electron chi connectivity index (χ0n) is 10.8. The number of hydroxylamine groups is 1. The van der Waals surface area contributed by atoms with E-state index in [9.17, 15) is 14.4 Å². The lowest BCUT2D eigenvalue weighted by Crippen LogP contribution is -2.26. The first kappa shape index (κ1) is 17.9. The summed E-state index contributed by atoms with van der Waals surface area (Å²) in [7, 11) is 1.44. The first-order valence-electron chi connectivity index (χ1n) is 5.38. The van der Waals surface area contributed by atoms with E-state index in [1.54, 1.807) is 0 Å². The minimum atomic E-state index is -0.881. The van der Waals surface area contributed by atoms with E-state index in [-0.39, 0.29) is 25.8 Å². The van der Waals surface area contributed by atoms with Crippen LogP contribution in [0.1, 0.15) is 27.6 Å². The highest BCUT2D eigenvalue weighted by atomic mass is 79.9. The highest BCUT2D eigenvalue weighted by molar-refractivity contribution is 9.11. The molecular weight excluding hydrogens is 478 g/mol. The molecule has 21 heavy (non-hydrogen) atoms. The number of benzene rings is 1. The molecular formula is C11H10Br3N3O4. The number of nitrogens with two attached hydrogens (primary N) is 1. The highest BCUT2D eigenvalue weighted by Crippen LogP contribution is 2.40. The van der Waals surface area contributed by atoms with E-state index in [4.69, 9.17) is 5.73 Å². The second-order valence-corrected chi connectivity index (χ2v) is 6.11. The van der Waals surface area contributed by atoms with E-state index < -0.39 is 17.8 Å². The van der Waals surface area contributed by atoms with Crippen molar-refractivity contribution < 1.29 is 19.2 Å². The number of carbonyl (C=O) groups is 3. The summed E-state index contributed by atoms with van der Waals surface area (Å²) in [5.74, 6) is -1.89. The van der Waals surface area contributed by atoms with Gasteiger partial charge in [0.15, 0.2) is 0 Å². The van der Waals surface area contributed by atoms with Crippen LogP contribution < -0.4 is 16.5 Å². The van der Waals surface area contributed by atoms with Crippen LogP contribution in [0, 0.1) is 0 Å². The number of anilines is 1. The van der Waals surface area contributed by atoms with Crippen LogP contribution >= 0.6 is 47.8 Å². The Hall–Kier alpha value is -1.13. The Bertz CT molecular complexity index is 634. The third-order valence-electron chi connectivity index (χ3n) is 2.30. The second-order valence-electron chi connectivity index (χ2n) is 3.73. The number of carbonyl (C=O) groups excluding carboxylic acids is 3. The molecule has 0 radical (unpaired) electrons. The predicted molar refractivity (Wildman–Crippen MR) is 86.6 cm³/mol. The van der Waals surface area contributed by atoms with Crippen LogP contribution in [0.5, 0.6) is 0 Å². The zero-order chi connectivity index (χ0) is 16.3. The average Bonchev–Trinajstić information content (AvgIpc) is 2.42. The maximum atomic E-state index is 12.0. The Morgan fingerprint density at radius 3 is 2.05 bits per heavy atom. The number of hydrogen-bond donors (Lipinski definition) is 3. The molecule has 4 N–H and O–H groups in total. The number of nitrogen functional groups attached to an aromatic ring is 1. The molecule has 0 spiro atoms. The quantitative estimate of drug-likeness (QED) is 0.437. The zero-order valence-corrected chi connectivity index (χ0v) is 15.6. The molecule has 114 valence electrons. The molecule has 0 bridgehead atoms. The molecule has 0 aromatic heterocycles. The lowest BCUT2D eigenvalue weighted by Gasteiger charge is -2.15. The number of nitrogens with one attached hydrogen (secondary N) is 2. The van der Waals surface area contributed by atoms with Gasteiger partial charge in [0, 0.05) is 18.4 Å². The Morgan fingerprint density at radius 1 is 1.05 bits per heavy atom. The highest BCUT2D eigenvalue weighted by Gasteiger charge is 2.27. The molecule has 0 aliphatic carbocycles. The van der Waals surface area contributed by atoms with Gasteiger partial charge in [-0.2, -0.15) is 5.48 Å². The van der Waals surface area contributed by atoms with Gasteiger partial charge in [0.05, 0.1) is 25.8 Å². The summed E-state index contributed by atoms with van der Waals surface area (Å²) in [6.45, 7) is 1.18. The van der Waals surface area contributed by atoms with Crippen LogP contribution in [0.3, 0.4) is 0 Å². The number of halogens is 3. The molecule has 0 unspecified atom stereocenters. The molecule has 2 amide bonds. The predicted octanol–water partition coefficient (Wildman–Crippen LogP) is 2.12. The summed E-state index contributed by atoms with van der Waals surface area (Å²) in [6.07, 6.45) is 0. The van der Waals surface area contributed by atoms with Crippen molar-refractivity contribution in [3.05, 3.63) is 24.5 Å². The normalized spacial score (nSPS) is 9.95. The lowest BCUT2D eigenvalue weighted by atomic mass is 10.1. The van der Waals surface area contributed by atoms with E-state index in [1.807, 2.05) is 5.48 Å². The smallest absolute Gasteiger partial charge is 0.365 e. The molecule has 1 rings (SSSR count). The van der Waals surface area contributed by atoms with E-state index >= 15 is 0 Å². The molecule has 1 aromatic rings. The van der Waals surface area contributed by atoms with Gasteiger partial charge in [-0.05, 0) is 47.8 Å². The molecule has 10 heteroatoms. The van der Waals surface area contributed by atoms with Crippen molar-refractivity contribution in [3.8, 4) is 0 Å². The van der Waals surface area contributed by atoms with Crippen molar-refractivity contribution >= 4 is 71.3 Å². The fourth-order valence-corrected chi connectivity index (χ4v) is 4.03. The fourth-order valence-electron chi connectivity index (χ4n) is 1.36. The largest absolute Gasteiger partial charge is 0.397 e. The van der Waals surface area contributed by atoms with Gasteiger partial charge in [-0.1, -0.05) is 0 Å². The van der Waals surface area contributed by atoms with Gasteiger partial charge in [0.25, 0.3) is 5.91 Å². The Labute approximate surface area is 145 Å². The van der Waals surface area contributed by atoms with Crippen molar-refractivity contribution in [2.24, 2.45) is 0 Å². The Morgan fingerprint density at radius 2 is 1.57 bits per heavy atom. The van der Waals surface area contributed by atoms with Crippen molar-refractivity contribution in [1.82, 2.24) is 10.8 Å². The molecule has 0 fully saturated rings. The van der Waals surface area contributed by atoms with E-state index in [1.165, 1.54) is 14.0 Å². The van der Waals surface area contributed by atoms with Crippen LogP contribution in [0.4, 0.5) is 5.69 Å². The number of hydrogen-bond acceptors (Lipinski definition) is 5. The minimum absolute atomic E-state index is 0.0250. The average molecular weight is 488 g/mol. The Balaban J connectivity index is 3.45. The van der Waals surface area contributed by atoms with Crippen molar-refractivity contribution in [2.75, 3.05) is 12.8 Å². The molecule has 0 saturated heterocycles. The number of amides is 2. The van der Waals surface area contributed by atoms with Gasteiger partial charge in [-0.15, -0.1) is 0 Å². The maximum Gasteiger partial charge on any atom is 0.365 e. The van der Waals surface area contributed by atoms with Crippen molar-refractivity contribution in [2.45, 2.75) is 6.92 Å². The summed E-state index contributed by atoms with van der Waals surface area (Å²) < 4.78 is 0.714. The molecule has 1 aromatic carbocycles. The molecule has 0 heterocycles. The van der Waals surface area contributed by atoms with E-state index in [0.717, 1.165) is 0 Å². The van der Waals surface area contributed by atoms with Gasteiger partial charge in [0.1, 0.15) is 0 Å². The third-order valence-corrected chi connectivity index (χ3v) is 4.74. The monoisotopic (exact) mass is 485 g/mol. The van der Waals surface area contributed by atoms with Crippen molar-refractivity contribution in [3.63, 3.8) is 0 Å². The van der Waals surface area contributed by atoms with Gasteiger partial charge in [0.2, 0.25) is 5.91 Å². The van der Waals surface area contributed by atoms with Gasteiger partial charge >= 0.3 is 5.97 Å². The summed E-state index contributed by atoms with van der Waals surface area (Å²) in [6, 6.07) is 0. The third kappa shape index (κ3) is 3.74. The Kier molecular flexibility index (Phi) is 6.17. The van der Waals surface area contributed by atoms with Crippen LogP contribution in [-0.2, 0) is 9.63 Å². The standard InChI is InChI=1S/C11H10Br3N3O4/c1-3(18)17-21-11(20)5-6(12)4(10(19)16-2)7(13)9(15)8(5)14/h15H2,1-2H3,(H,16,19)(H,17,18). The lowest BCUT2D eigenvalue weighted by molar-refractivity contribution is -0.127. The molecule has 0 atom stereocenters. The van der Waals surface area contributed by atoms with Gasteiger partial charge in [-0.25, -0.2) is 4.79 Å². The van der Waals surface area contributed by atoms with E-state index in [0.29, 0.717) is 4.47 Å². The van der Waals surface area contributed by atoms with Gasteiger partial charge < -0.3 is 15.9 Å². The van der Waals surface area contributed by atoms with E-state index in [2.05, 4.69) is 57.9 Å². The molecule has 0 aliphatic heterocycles. The fraction of sp³-hybridized carbons (Fsp3) is 0.182. The summed E-state index contributed by atoms with van der Waals surface area (Å²) in [4.78, 5) is 39.3. The topological polar surface area (TPSA) is 111 Å². The summed E-state index contributed by atoms with van der Waals surface area (Å²) in [5, 5.41) is 2.43. The first-order chi connectivity index (χ1) is 9.72. The van der Waals surface area contributed by atoms with Crippen molar-refractivity contribution in [1.29, 1.82) is 0 Å². The molecule has 7 nitrogen and oxygen atoms in total. The second kappa shape index (κ2) is 7.23. The van der Waals surface area contributed by atoms with Crippen LogP contribution in [-0.4, -0.2) is 24.8 Å². The SMILES string of the molecule is CNC(=O)c1c(Br)c(N)c(Br)c(C(=O)ONC(C)=O)c1Br. The minimum Gasteiger partial charge on any atom is -0.397 e. The first-order valence-corrected chi connectivity index (χ1v) is 7.76. The number of rotatable bonds is 2. The van der Waals surface area contributed by atoms with Crippen LogP contribution in [0.2, 0.25) is 0 Å². The molecule has 0 aliphatic rings. The maximum absolute atomic E-state index is 12.0. The summed E-state index contributed by atoms with van der Waals surface area (Å²) in [5.41, 5.74) is 8.01. The van der Waals surface area contributed by atoms with Gasteiger partial charge in [-0.3, -0.25) is 9.59 Å². The molecule has 0 saturated carbocycles. The van der Waals surface area contributed by atoms with Crippen LogP contribution in [0.25, 0.3) is 0 Å². The summed E-state index contributed by atoms with van der Waals surface area (Å²) >= 11 is 9.54.